The van der Waals surface area contributed by atoms with Gasteiger partial charge in [0, 0.05) is 11.6 Å². The topological polar surface area (TPSA) is 60.9 Å². The van der Waals surface area contributed by atoms with E-state index in [2.05, 4.69) is 0 Å². The molecule has 0 N–H and O–H groups in total. The van der Waals surface area contributed by atoms with E-state index < -0.39 is 0 Å². The zero-order valence-electron chi connectivity index (χ0n) is 17.6. The lowest BCUT2D eigenvalue weighted by molar-refractivity contribution is -0.120. The van der Waals surface area contributed by atoms with Gasteiger partial charge in [-0.05, 0) is 68.7 Å². The molecule has 1 fully saturated rings. The first-order valence-electron chi connectivity index (χ1n) is 10.4. The quantitative estimate of drug-likeness (QED) is 0.459. The van der Waals surface area contributed by atoms with Gasteiger partial charge >= 0.3 is 0 Å². The van der Waals surface area contributed by atoms with Gasteiger partial charge in [0.25, 0.3) is 5.91 Å². The number of rotatable bonds is 8. The molecule has 0 saturated carbocycles. The first kappa shape index (κ1) is 21.9. The predicted molar refractivity (Wildman–Crippen MR) is 124 cm³/mol. The van der Waals surface area contributed by atoms with Gasteiger partial charge in [-0.3, -0.25) is 9.69 Å². The maximum Gasteiger partial charge on any atom is 0.266 e. The van der Waals surface area contributed by atoms with Crippen molar-refractivity contribution in [3.63, 3.8) is 0 Å². The monoisotopic (exact) mass is 460 g/mol. The molecule has 0 aliphatic carbocycles. The summed E-state index contributed by atoms with van der Waals surface area (Å²) in [5.41, 5.74) is 1.85. The van der Waals surface area contributed by atoms with E-state index in [0.29, 0.717) is 29.1 Å². The van der Waals surface area contributed by atoms with Crippen molar-refractivity contribution >= 4 is 44.2 Å². The van der Waals surface area contributed by atoms with Gasteiger partial charge in [-0.15, -0.1) is 0 Å². The molecule has 1 saturated heterocycles. The molecule has 0 spiro atoms. The van der Waals surface area contributed by atoms with Gasteiger partial charge in [-0.1, -0.05) is 22.9 Å². The highest BCUT2D eigenvalue weighted by Crippen LogP contribution is 2.33. The number of anilines is 1. The van der Waals surface area contributed by atoms with Crippen LogP contribution in [0.25, 0.3) is 10.2 Å². The van der Waals surface area contributed by atoms with Gasteiger partial charge in [0.1, 0.15) is 11.5 Å². The van der Waals surface area contributed by atoms with Crippen LogP contribution in [0.4, 0.5) is 5.13 Å². The molecule has 1 aromatic heterocycles. The van der Waals surface area contributed by atoms with E-state index in [1.165, 1.54) is 11.3 Å². The molecule has 1 unspecified atom stereocenters. The Kier molecular flexibility index (Phi) is 6.95. The minimum absolute atomic E-state index is 0.00567. The molecule has 6 nitrogen and oxygen atoms in total. The van der Waals surface area contributed by atoms with Crippen LogP contribution in [-0.4, -0.2) is 43.4 Å². The molecule has 1 amide bonds. The summed E-state index contributed by atoms with van der Waals surface area (Å²) in [5.74, 6) is 1.22. The molecule has 0 radical (unpaired) electrons. The average Bonchev–Trinajstić information content (AvgIpc) is 3.41. The molecule has 1 atom stereocenters. The van der Waals surface area contributed by atoms with Crippen molar-refractivity contribution in [2.45, 2.75) is 32.8 Å². The van der Waals surface area contributed by atoms with Gasteiger partial charge in [0.05, 0.1) is 29.5 Å². The second kappa shape index (κ2) is 9.85. The van der Waals surface area contributed by atoms with E-state index in [-0.39, 0.29) is 18.6 Å². The Morgan fingerprint density at radius 2 is 2.00 bits per heavy atom. The van der Waals surface area contributed by atoms with E-state index >= 15 is 0 Å². The van der Waals surface area contributed by atoms with Crippen LogP contribution in [0.3, 0.4) is 0 Å². The summed E-state index contributed by atoms with van der Waals surface area (Å²) in [6.07, 6.45) is 1.94. The van der Waals surface area contributed by atoms with Crippen LogP contribution in [0.2, 0.25) is 5.02 Å². The van der Waals surface area contributed by atoms with E-state index in [1.54, 1.807) is 17.0 Å². The third kappa shape index (κ3) is 5.29. The second-order valence-electron chi connectivity index (χ2n) is 7.40. The first-order valence-corrected chi connectivity index (χ1v) is 11.6. The molecule has 3 aromatic rings. The van der Waals surface area contributed by atoms with Gasteiger partial charge in [0.2, 0.25) is 0 Å². The average molecular weight is 461 g/mol. The number of aryl methyl sites for hydroxylation is 1. The van der Waals surface area contributed by atoms with Crippen molar-refractivity contribution in [3.8, 4) is 11.5 Å². The molecule has 31 heavy (non-hydrogen) atoms. The van der Waals surface area contributed by atoms with Crippen LogP contribution in [0.15, 0.2) is 36.4 Å². The number of amides is 1. The van der Waals surface area contributed by atoms with Crippen LogP contribution in [0.5, 0.6) is 11.5 Å². The van der Waals surface area contributed by atoms with E-state index in [4.69, 9.17) is 30.8 Å². The van der Waals surface area contributed by atoms with Crippen molar-refractivity contribution in [2.24, 2.45) is 0 Å². The Hall–Kier alpha value is -2.35. The van der Waals surface area contributed by atoms with Crippen molar-refractivity contribution in [1.82, 2.24) is 4.98 Å². The summed E-state index contributed by atoms with van der Waals surface area (Å²) >= 11 is 7.67. The van der Waals surface area contributed by atoms with Gasteiger partial charge < -0.3 is 14.2 Å². The smallest absolute Gasteiger partial charge is 0.266 e. The Labute approximate surface area is 190 Å². The molecular formula is C23H25ClN2O4S. The molecular weight excluding hydrogens is 436 g/mol. The normalized spacial score (nSPS) is 15.9. The molecule has 0 bridgehead atoms. The van der Waals surface area contributed by atoms with Gasteiger partial charge in [-0.25, -0.2) is 4.98 Å². The number of carbonyl (C=O) groups excluding carboxylic acids is 1. The maximum absolute atomic E-state index is 13.2. The summed E-state index contributed by atoms with van der Waals surface area (Å²) in [6.45, 7) is 5.60. The number of halogens is 1. The number of thiazole rings is 1. The van der Waals surface area contributed by atoms with Crippen molar-refractivity contribution in [1.29, 1.82) is 0 Å². The third-order valence-corrected chi connectivity index (χ3v) is 6.32. The highest BCUT2D eigenvalue weighted by atomic mass is 35.5. The standard InChI is InChI=1S/C23H25ClN2O4S/c1-3-28-17-6-8-18(9-7-17)30-14-21(27)26(13-19-5-4-10-29-19)23-25-22-15(2)11-16(24)12-20(22)31-23/h6-9,11-12,19H,3-5,10,13-14H2,1-2H3. The predicted octanol–water partition coefficient (Wildman–Crippen LogP) is 5.25. The van der Waals surface area contributed by atoms with Crippen molar-refractivity contribution < 1.29 is 19.0 Å². The number of carbonyl (C=O) groups is 1. The van der Waals surface area contributed by atoms with Gasteiger partial charge in [-0.2, -0.15) is 0 Å². The Balaban J connectivity index is 1.52. The molecule has 1 aliphatic heterocycles. The summed E-state index contributed by atoms with van der Waals surface area (Å²) < 4.78 is 17.9. The molecule has 2 heterocycles. The highest BCUT2D eigenvalue weighted by Gasteiger charge is 2.27. The molecule has 4 rings (SSSR count). The molecule has 1 aliphatic rings. The molecule has 2 aromatic carbocycles. The number of benzene rings is 2. The number of fused-ring (bicyclic) bond motifs is 1. The number of hydrogen-bond donors (Lipinski definition) is 0. The lowest BCUT2D eigenvalue weighted by Gasteiger charge is -2.23. The van der Waals surface area contributed by atoms with E-state index in [1.807, 2.05) is 38.1 Å². The fourth-order valence-corrected chi connectivity index (χ4v) is 5.01. The minimum atomic E-state index is -0.160. The Bertz CT molecular complexity index is 1050. The first-order chi connectivity index (χ1) is 15.0. The van der Waals surface area contributed by atoms with Crippen LogP contribution >= 0.6 is 22.9 Å². The van der Waals surface area contributed by atoms with E-state index in [9.17, 15) is 4.79 Å². The van der Waals surface area contributed by atoms with Crippen LogP contribution in [0.1, 0.15) is 25.3 Å². The summed E-state index contributed by atoms with van der Waals surface area (Å²) in [5, 5.41) is 1.30. The molecule has 164 valence electrons. The molecule has 8 heteroatoms. The Morgan fingerprint density at radius 1 is 1.26 bits per heavy atom. The zero-order valence-corrected chi connectivity index (χ0v) is 19.2. The zero-order chi connectivity index (χ0) is 21.8. The SMILES string of the molecule is CCOc1ccc(OCC(=O)N(CC2CCCO2)c2nc3c(C)cc(Cl)cc3s2)cc1. The highest BCUT2D eigenvalue weighted by molar-refractivity contribution is 7.22. The summed E-state index contributed by atoms with van der Waals surface area (Å²) in [4.78, 5) is 19.6. The summed E-state index contributed by atoms with van der Waals surface area (Å²) in [7, 11) is 0. The van der Waals surface area contributed by atoms with Gasteiger partial charge in [0.15, 0.2) is 11.7 Å². The van der Waals surface area contributed by atoms with Crippen LogP contribution < -0.4 is 14.4 Å². The number of nitrogens with zero attached hydrogens (tertiary/aromatic N) is 2. The second-order valence-corrected chi connectivity index (χ2v) is 8.84. The fourth-order valence-electron chi connectivity index (χ4n) is 3.56. The minimum Gasteiger partial charge on any atom is -0.494 e. The number of ether oxygens (including phenoxy) is 3. The third-order valence-electron chi connectivity index (χ3n) is 5.08. The van der Waals surface area contributed by atoms with Crippen LogP contribution in [-0.2, 0) is 9.53 Å². The lowest BCUT2D eigenvalue weighted by atomic mass is 10.2. The van der Waals surface area contributed by atoms with Crippen LogP contribution in [0, 0.1) is 6.92 Å². The summed E-state index contributed by atoms with van der Waals surface area (Å²) in [6, 6.07) is 11.0. The van der Waals surface area contributed by atoms with Crippen molar-refractivity contribution in [2.75, 3.05) is 31.3 Å². The lowest BCUT2D eigenvalue weighted by Crippen LogP contribution is -2.40. The van der Waals surface area contributed by atoms with E-state index in [0.717, 1.165) is 41.0 Å². The number of aromatic nitrogens is 1. The number of hydrogen-bond acceptors (Lipinski definition) is 6. The Morgan fingerprint density at radius 3 is 2.68 bits per heavy atom. The fraction of sp³-hybridized carbons (Fsp3) is 0.391. The largest absolute Gasteiger partial charge is 0.494 e. The van der Waals surface area contributed by atoms with Crippen molar-refractivity contribution in [3.05, 3.63) is 47.0 Å². The maximum atomic E-state index is 13.2.